The Morgan fingerprint density at radius 1 is 1.16 bits per heavy atom. The van der Waals surface area contributed by atoms with E-state index < -0.39 is 0 Å². The summed E-state index contributed by atoms with van der Waals surface area (Å²) in [6, 6.07) is 3.57. The molecular formula is C17H18N6OS. The molecule has 0 bridgehead atoms. The highest BCUT2D eigenvalue weighted by Gasteiger charge is 2.42. The van der Waals surface area contributed by atoms with E-state index in [1.54, 1.807) is 34.3 Å². The summed E-state index contributed by atoms with van der Waals surface area (Å²) >= 11 is 1.71. The molecule has 2 saturated heterocycles. The molecule has 3 aromatic rings. The maximum atomic E-state index is 12.9. The lowest BCUT2D eigenvalue weighted by Crippen LogP contribution is -2.34. The molecule has 5 rings (SSSR count). The molecule has 5 heterocycles. The molecule has 0 N–H and O–H groups in total. The second-order valence-corrected chi connectivity index (χ2v) is 7.79. The average Bonchev–Trinajstić information content (AvgIpc) is 3.37. The van der Waals surface area contributed by atoms with Crippen LogP contribution in [-0.2, 0) is 6.54 Å². The molecule has 0 aromatic carbocycles. The van der Waals surface area contributed by atoms with Crippen molar-refractivity contribution in [3.8, 4) is 0 Å². The number of fused-ring (bicyclic) bond motifs is 2. The van der Waals surface area contributed by atoms with Crippen LogP contribution in [0.15, 0.2) is 36.2 Å². The second kappa shape index (κ2) is 5.89. The molecule has 128 valence electrons. The Bertz CT molecular complexity index is 893. The molecule has 0 spiro atoms. The van der Waals surface area contributed by atoms with Gasteiger partial charge in [0.15, 0.2) is 5.65 Å². The third-order valence-corrected chi connectivity index (χ3v) is 5.99. The van der Waals surface area contributed by atoms with Gasteiger partial charge < -0.3 is 4.90 Å². The fourth-order valence-corrected chi connectivity index (χ4v) is 4.72. The molecule has 7 nitrogen and oxygen atoms in total. The average molecular weight is 354 g/mol. The first-order valence-electron chi connectivity index (χ1n) is 8.45. The number of carbonyl (C=O) groups is 1. The van der Waals surface area contributed by atoms with Crippen molar-refractivity contribution in [1.29, 1.82) is 0 Å². The predicted molar refractivity (Wildman–Crippen MR) is 93.3 cm³/mol. The van der Waals surface area contributed by atoms with E-state index in [1.807, 2.05) is 22.7 Å². The largest absolute Gasteiger partial charge is 0.337 e. The number of nitrogens with zero attached hydrogens (tertiary/aromatic N) is 6. The Hall–Kier alpha value is -2.32. The van der Waals surface area contributed by atoms with Crippen LogP contribution in [0, 0.1) is 11.8 Å². The summed E-state index contributed by atoms with van der Waals surface area (Å²) in [5, 5.41) is 4.23. The first-order chi connectivity index (χ1) is 12.3. The molecule has 2 aliphatic rings. The van der Waals surface area contributed by atoms with E-state index >= 15 is 0 Å². The molecule has 0 unspecified atom stereocenters. The monoisotopic (exact) mass is 354 g/mol. The van der Waals surface area contributed by atoms with Crippen LogP contribution in [0.2, 0.25) is 0 Å². The van der Waals surface area contributed by atoms with Gasteiger partial charge >= 0.3 is 0 Å². The van der Waals surface area contributed by atoms with E-state index in [1.165, 1.54) is 4.88 Å². The van der Waals surface area contributed by atoms with Crippen LogP contribution in [-0.4, -0.2) is 61.5 Å². The predicted octanol–water partition coefficient (Wildman–Crippen LogP) is 1.39. The molecule has 0 aliphatic carbocycles. The molecule has 25 heavy (non-hydrogen) atoms. The van der Waals surface area contributed by atoms with E-state index in [9.17, 15) is 4.79 Å². The van der Waals surface area contributed by atoms with Crippen molar-refractivity contribution in [2.75, 3.05) is 26.2 Å². The number of amides is 1. The standard InChI is InChI=1S/C17H18N6OS/c24-17(15-1-3-19-16-2-4-20-23(15)16)22-8-12-6-21(7-13(12)9-22)10-14-5-18-11-25-14/h1-5,11-13H,6-10H2/t12-,13+. The highest BCUT2D eigenvalue weighted by Crippen LogP contribution is 2.32. The number of hydrogen-bond acceptors (Lipinski definition) is 6. The van der Waals surface area contributed by atoms with E-state index in [-0.39, 0.29) is 5.91 Å². The summed E-state index contributed by atoms with van der Waals surface area (Å²) in [4.78, 5) is 27.1. The quantitative estimate of drug-likeness (QED) is 0.711. The van der Waals surface area contributed by atoms with E-state index in [2.05, 4.69) is 20.0 Å². The van der Waals surface area contributed by atoms with Gasteiger partial charge in [-0.25, -0.2) is 9.50 Å². The van der Waals surface area contributed by atoms with Crippen molar-refractivity contribution in [3.63, 3.8) is 0 Å². The lowest BCUT2D eigenvalue weighted by atomic mass is 10.0. The van der Waals surface area contributed by atoms with Gasteiger partial charge in [-0.2, -0.15) is 5.10 Å². The van der Waals surface area contributed by atoms with Crippen LogP contribution >= 0.6 is 11.3 Å². The Morgan fingerprint density at radius 2 is 2.00 bits per heavy atom. The SMILES string of the molecule is O=C(c1ccnc2ccnn12)N1C[C@H]2CN(Cc3cncs3)C[C@H]2C1. The topological polar surface area (TPSA) is 66.6 Å². The lowest BCUT2D eigenvalue weighted by Gasteiger charge is -2.21. The molecule has 0 radical (unpaired) electrons. The van der Waals surface area contributed by atoms with Crippen LogP contribution in [0.1, 0.15) is 15.4 Å². The minimum atomic E-state index is 0.0551. The zero-order chi connectivity index (χ0) is 16.8. The van der Waals surface area contributed by atoms with Crippen molar-refractivity contribution in [1.82, 2.24) is 29.4 Å². The van der Waals surface area contributed by atoms with Crippen molar-refractivity contribution in [2.45, 2.75) is 6.54 Å². The fraction of sp³-hybridized carbons (Fsp3) is 0.412. The van der Waals surface area contributed by atoms with Gasteiger partial charge in [-0.15, -0.1) is 11.3 Å². The fourth-order valence-electron chi connectivity index (χ4n) is 4.08. The second-order valence-electron chi connectivity index (χ2n) is 6.82. The Morgan fingerprint density at radius 3 is 2.76 bits per heavy atom. The summed E-state index contributed by atoms with van der Waals surface area (Å²) in [6.45, 7) is 4.74. The molecule has 2 atom stereocenters. The maximum Gasteiger partial charge on any atom is 0.272 e. The van der Waals surface area contributed by atoms with E-state index in [4.69, 9.17) is 0 Å². The number of hydrogen-bond donors (Lipinski definition) is 0. The van der Waals surface area contributed by atoms with E-state index in [0.717, 1.165) is 32.7 Å². The molecule has 8 heteroatoms. The van der Waals surface area contributed by atoms with E-state index in [0.29, 0.717) is 23.2 Å². The number of carbonyl (C=O) groups excluding carboxylic acids is 1. The zero-order valence-corrected chi connectivity index (χ0v) is 14.5. The summed E-state index contributed by atoms with van der Waals surface area (Å²) in [5.74, 6) is 1.18. The summed E-state index contributed by atoms with van der Waals surface area (Å²) in [6.07, 6.45) is 5.31. The van der Waals surface area contributed by atoms with Gasteiger partial charge in [-0.3, -0.25) is 14.7 Å². The Balaban J connectivity index is 1.28. The van der Waals surface area contributed by atoms with Crippen LogP contribution < -0.4 is 0 Å². The summed E-state index contributed by atoms with van der Waals surface area (Å²) < 4.78 is 1.63. The van der Waals surface area contributed by atoms with Crippen LogP contribution in [0.4, 0.5) is 0 Å². The zero-order valence-electron chi connectivity index (χ0n) is 13.7. The molecule has 3 aromatic heterocycles. The first kappa shape index (κ1) is 15.0. The highest BCUT2D eigenvalue weighted by atomic mass is 32.1. The maximum absolute atomic E-state index is 12.9. The molecular weight excluding hydrogens is 336 g/mol. The van der Waals surface area contributed by atoms with Crippen molar-refractivity contribution in [2.24, 2.45) is 11.8 Å². The number of rotatable bonds is 3. The normalized spacial score (nSPS) is 23.4. The molecule has 0 saturated carbocycles. The molecule has 2 fully saturated rings. The van der Waals surface area contributed by atoms with Gasteiger partial charge in [0.25, 0.3) is 5.91 Å². The molecule has 2 aliphatic heterocycles. The Kier molecular flexibility index (Phi) is 3.53. The minimum Gasteiger partial charge on any atom is -0.337 e. The summed E-state index contributed by atoms with van der Waals surface area (Å²) in [7, 11) is 0. The highest BCUT2D eigenvalue weighted by molar-refractivity contribution is 7.09. The number of aromatic nitrogens is 4. The van der Waals surface area contributed by atoms with Gasteiger partial charge in [-0.05, 0) is 17.9 Å². The van der Waals surface area contributed by atoms with Crippen LogP contribution in [0.5, 0.6) is 0 Å². The van der Waals surface area contributed by atoms with Crippen molar-refractivity contribution >= 4 is 22.9 Å². The van der Waals surface area contributed by atoms with Gasteiger partial charge in [0.1, 0.15) is 5.69 Å². The van der Waals surface area contributed by atoms with Gasteiger partial charge in [-0.1, -0.05) is 0 Å². The number of thiazole rings is 1. The van der Waals surface area contributed by atoms with Crippen LogP contribution in [0.25, 0.3) is 5.65 Å². The van der Waals surface area contributed by atoms with Crippen molar-refractivity contribution < 1.29 is 4.79 Å². The van der Waals surface area contributed by atoms with Crippen molar-refractivity contribution in [3.05, 3.63) is 46.8 Å². The number of likely N-dealkylation sites (tertiary alicyclic amines) is 2. The first-order valence-corrected chi connectivity index (χ1v) is 9.33. The lowest BCUT2D eigenvalue weighted by molar-refractivity contribution is 0.0764. The van der Waals surface area contributed by atoms with Gasteiger partial charge in [0.2, 0.25) is 0 Å². The molecule has 1 amide bonds. The third-order valence-electron chi connectivity index (χ3n) is 5.22. The van der Waals surface area contributed by atoms with Gasteiger partial charge in [0, 0.05) is 56.1 Å². The van der Waals surface area contributed by atoms with Crippen LogP contribution in [0.3, 0.4) is 0 Å². The smallest absolute Gasteiger partial charge is 0.272 e. The van der Waals surface area contributed by atoms with Gasteiger partial charge in [0.05, 0.1) is 11.7 Å². The minimum absolute atomic E-state index is 0.0551. The summed E-state index contributed by atoms with van der Waals surface area (Å²) in [5.41, 5.74) is 3.19. The third kappa shape index (κ3) is 2.61. The Labute approximate surface area is 148 Å².